The van der Waals surface area contributed by atoms with E-state index in [2.05, 4.69) is 6.58 Å². The van der Waals surface area contributed by atoms with Gasteiger partial charge in [0.05, 0.1) is 7.11 Å². The van der Waals surface area contributed by atoms with Crippen molar-refractivity contribution >= 4 is 12.0 Å². The Labute approximate surface area is 99.8 Å². The fourth-order valence-corrected chi connectivity index (χ4v) is 1.75. The minimum Gasteiger partial charge on any atom is -0.497 e. The monoisotopic (exact) mass is 234 g/mol. The molecule has 0 amide bonds. The van der Waals surface area contributed by atoms with Crippen LogP contribution < -0.4 is 9.47 Å². The van der Waals surface area contributed by atoms with Crippen LogP contribution in [0.15, 0.2) is 18.7 Å². The molecule has 0 aliphatic carbocycles. The molecule has 1 aromatic carbocycles. The summed E-state index contributed by atoms with van der Waals surface area (Å²) in [6.45, 7) is 7.03. The van der Waals surface area contributed by atoms with Crippen LogP contribution in [0.2, 0.25) is 0 Å². The van der Waals surface area contributed by atoms with Crippen molar-refractivity contribution in [1.29, 1.82) is 0 Å². The molecule has 0 atom stereocenters. The van der Waals surface area contributed by atoms with Crippen molar-refractivity contribution in [1.82, 2.24) is 0 Å². The summed E-state index contributed by atoms with van der Waals surface area (Å²) >= 11 is 0. The number of ether oxygens (including phenoxy) is 3. The molecule has 90 valence electrons. The summed E-state index contributed by atoms with van der Waals surface area (Å²) in [7, 11) is 1.56. The molecular formula is C13H14O4. The average Bonchev–Trinajstić information content (AvgIpc) is 2.25. The number of carbonyl (C=O) groups excluding carboxylic acids is 1. The van der Waals surface area contributed by atoms with Gasteiger partial charge in [-0.05, 0) is 11.6 Å². The normalized spacial score (nSPS) is 16.5. The molecule has 0 spiro atoms. The maximum Gasteiger partial charge on any atom is 0.345 e. The number of hydrogen-bond acceptors (Lipinski definition) is 4. The second-order valence-electron chi connectivity index (χ2n) is 4.19. The fraction of sp³-hybridized carbons (Fsp3) is 0.308. The van der Waals surface area contributed by atoms with Crippen molar-refractivity contribution in [2.75, 3.05) is 7.11 Å². The fourth-order valence-electron chi connectivity index (χ4n) is 1.75. The molecule has 0 aromatic heterocycles. The molecule has 17 heavy (non-hydrogen) atoms. The maximum absolute atomic E-state index is 11.9. The van der Waals surface area contributed by atoms with Crippen LogP contribution in [0.5, 0.6) is 11.5 Å². The van der Waals surface area contributed by atoms with Gasteiger partial charge in [-0.1, -0.05) is 12.7 Å². The third-order valence-electron chi connectivity index (χ3n) is 2.46. The van der Waals surface area contributed by atoms with Crippen LogP contribution in [-0.2, 0) is 4.74 Å². The summed E-state index contributed by atoms with van der Waals surface area (Å²) in [6, 6.07) is 3.39. The van der Waals surface area contributed by atoms with Gasteiger partial charge in [0.1, 0.15) is 17.1 Å². The average molecular weight is 234 g/mol. The third kappa shape index (κ3) is 1.98. The first kappa shape index (κ1) is 11.5. The van der Waals surface area contributed by atoms with Gasteiger partial charge in [0, 0.05) is 19.9 Å². The lowest BCUT2D eigenvalue weighted by Crippen LogP contribution is -2.39. The summed E-state index contributed by atoms with van der Waals surface area (Å²) in [5, 5.41) is 0. The van der Waals surface area contributed by atoms with E-state index in [-0.39, 0.29) is 0 Å². The first-order valence-corrected chi connectivity index (χ1v) is 5.23. The van der Waals surface area contributed by atoms with Gasteiger partial charge in [-0.3, -0.25) is 0 Å². The van der Waals surface area contributed by atoms with Crippen molar-refractivity contribution in [3.63, 3.8) is 0 Å². The summed E-state index contributed by atoms with van der Waals surface area (Å²) in [5.41, 5.74) is 1.03. The number of carbonyl (C=O) groups is 1. The van der Waals surface area contributed by atoms with E-state index >= 15 is 0 Å². The van der Waals surface area contributed by atoms with Gasteiger partial charge in [0.2, 0.25) is 5.79 Å². The lowest BCUT2D eigenvalue weighted by Gasteiger charge is -2.32. The number of rotatable bonds is 2. The van der Waals surface area contributed by atoms with E-state index < -0.39 is 11.8 Å². The number of benzene rings is 1. The molecule has 0 fully saturated rings. The quantitative estimate of drug-likeness (QED) is 0.738. The predicted molar refractivity (Wildman–Crippen MR) is 63.2 cm³/mol. The molecule has 0 radical (unpaired) electrons. The van der Waals surface area contributed by atoms with E-state index in [4.69, 9.17) is 14.2 Å². The highest BCUT2D eigenvalue weighted by atomic mass is 16.7. The minimum absolute atomic E-state index is 0.389. The van der Waals surface area contributed by atoms with Crippen molar-refractivity contribution in [2.45, 2.75) is 19.6 Å². The van der Waals surface area contributed by atoms with E-state index in [0.29, 0.717) is 22.6 Å². The van der Waals surface area contributed by atoms with E-state index in [1.807, 2.05) is 0 Å². The van der Waals surface area contributed by atoms with E-state index in [1.165, 1.54) is 0 Å². The first-order chi connectivity index (χ1) is 7.96. The molecule has 1 aliphatic rings. The summed E-state index contributed by atoms with van der Waals surface area (Å²) in [5.74, 6) is -0.298. The second-order valence-corrected chi connectivity index (χ2v) is 4.19. The highest BCUT2D eigenvalue weighted by molar-refractivity contribution is 5.98. The highest BCUT2D eigenvalue weighted by Gasteiger charge is 2.35. The van der Waals surface area contributed by atoms with Gasteiger partial charge in [0.15, 0.2) is 0 Å². The molecule has 4 nitrogen and oxygen atoms in total. The third-order valence-corrected chi connectivity index (χ3v) is 2.46. The Morgan fingerprint density at radius 1 is 1.35 bits per heavy atom. The molecule has 4 heteroatoms. The van der Waals surface area contributed by atoms with Gasteiger partial charge in [-0.25, -0.2) is 4.79 Å². The summed E-state index contributed by atoms with van der Waals surface area (Å²) in [4.78, 5) is 11.9. The van der Waals surface area contributed by atoms with Gasteiger partial charge in [-0.2, -0.15) is 0 Å². The van der Waals surface area contributed by atoms with Gasteiger partial charge < -0.3 is 14.2 Å². The SMILES string of the molecule is C=Cc1cc(OC)cc2c1C(=O)OC(C)(C)O2. The molecule has 1 aromatic rings. The van der Waals surface area contributed by atoms with Crippen LogP contribution in [0.1, 0.15) is 29.8 Å². The Hall–Kier alpha value is -1.97. The topological polar surface area (TPSA) is 44.8 Å². The molecule has 1 heterocycles. The van der Waals surface area contributed by atoms with Crippen LogP contribution in [0, 0.1) is 0 Å². The molecular weight excluding hydrogens is 220 g/mol. The van der Waals surface area contributed by atoms with E-state index in [0.717, 1.165) is 0 Å². The molecule has 0 saturated heterocycles. The van der Waals surface area contributed by atoms with Gasteiger partial charge in [-0.15, -0.1) is 0 Å². The molecule has 2 rings (SSSR count). The molecule has 1 aliphatic heterocycles. The number of methoxy groups -OCH3 is 1. The number of cyclic esters (lactones) is 1. The van der Waals surface area contributed by atoms with Crippen molar-refractivity contribution in [2.24, 2.45) is 0 Å². The number of esters is 1. The lowest BCUT2D eigenvalue weighted by molar-refractivity contribution is -0.127. The zero-order chi connectivity index (χ0) is 12.6. The van der Waals surface area contributed by atoms with E-state index in [1.54, 1.807) is 39.2 Å². The zero-order valence-electron chi connectivity index (χ0n) is 10.1. The zero-order valence-corrected chi connectivity index (χ0v) is 10.1. The minimum atomic E-state index is -0.963. The van der Waals surface area contributed by atoms with Crippen LogP contribution in [0.25, 0.3) is 6.08 Å². The van der Waals surface area contributed by atoms with Gasteiger partial charge in [0.25, 0.3) is 0 Å². The molecule has 0 bridgehead atoms. The molecule has 0 unspecified atom stereocenters. The van der Waals surface area contributed by atoms with Crippen molar-refractivity contribution in [3.8, 4) is 11.5 Å². The van der Waals surface area contributed by atoms with Crippen LogP contribution in [-0.4, -0.2) is 18.9 Å². The predicted octanol–water partition coefficient (Wildman–Crippen LogP) is 2.62. The molecule has 0 saturated carbocycles. The Morgan fingerprint density at radius 2 is 2.06 bits per heavy atom. The Balaban J connectivity index is 2.62. The number of fused-ring (bicyclic) bond motifs is 1. The summed E-state index contributed by atoms with van der Waals surface area (Å²) in [6.07, 6.45) is 1.57. The van der Waals surface area contributed by atoms with E-state index in [9.17, 15) is 4.79 Å². The largest absolute Gasteiger partial charge is 0.497 e. The Kier molecular flexibility index (Phi) is 2.58. The number of hydrogen-bond donors (Lipinski definition) is 0. The first-order valence-electron chi connectivity index (χ1n) is 5.23. The highest BCUT2D eigenvalue weighted by Crippen LogP contribution is 2.36. The van der Waals surface area contributed by atoms with Crippen LogP contribution in [0.3, 0.4) is 0 Å². The van der Waals surface area contributed by atoms with Crippen molar-refractivity contribution < 1.29 is 19.0 Å². The lowest BCUT2D eigenvalue weighted by atomic mass is 10.0. The Morgan fingerprint density at radius 3 is 2.65 bits per heavy atom. The maximum atomic E-state index is 11.9. The van der Waals surface area contributed by atoms with Gasteiger partial charge >= 0.3 is 5.97 Å². The molecule has 0 N–H and O–H groups in total. The summed E-state index contributed by atoms with van der Waals surface area (Å²) < 4.78 is 15.9. The van der Waals surface area contributed by atoms with Crippen LogP contribution in [0.4, 0.5) is 0 Å². The second kappa shape index (κ2) is 3.80. The Bertz CT molecular complexity index is 488. The standard InChI is InChI=1S/C13H14O4/c1-5-8-6-9(15-4)7-10-11(8)12(14)17-13(2,3)16-10/h5-7H,1H2,2-4H3. The van der Waals surface area contributed by atoms with Crippen LogP contribution >= 0.6 is 0 Å². The van der Waals surface area contributed by atoms with Crippen molar-refractivity contribution in [3.05, 3.63) is 29.8 Å². The smallest absolute Gasteiger partial charge is 0.345 e.